The maximum atomic E-state index is 11.9. The lowest BCUT2D eigenvalue weighted by molar-refractivity contribution is -0.143. The molecule has 1 aromatic rings. The van der Waals surface area contributed by atoms with Crippen LogP contribution in [-0.4, -0.2) is 32.4 Å². The van der Waals surface area contributed by atoms with Gasteiger partial charge in [-0.3, -0.25) is 4.79 Å². The number of hydrogen-bond acceptors (Lipinski definition) is 4. The van der Waals surface area contributed by atoms with E-state index in [1.807, 2.05) is 6.07 Å². The molecule has 5 nitrogen and oxygen atoms in total. The van der Waals surface area contributed by atoms with Gasteiger partial charge in [0, 0.05) is 24.3 Å². The zero-order valence-corrected chi connectivity index (χ0v) is 12.8. The summed E-state index contributed by atoms with van der Waals surface area (Å²) in [5, 5.41) is 9.77. The van der Waals surface area contributed by atoms with E-state index in [0.29, 0.717) is 30.9 Å². The second-order valence-corrected chi connectivity index (χ2v) is 5.39. The standard InChI is InChI=1S/C16H22O5/c1-19-10-11-8-12(14(21-3)9-13(11)20-2)16(15(17)18)6-4-5-7-16/h8-9H,4-7,10H2,1-3H3,(H,17,18). The summed E-state index contributed by atoms with van der Waals surface area (Å²) in [5.41, 5.74) is 0.700. The van der Waals surface area contributed by atoms with Crippen LogP contribution in [0.25, 0.3) is 0 Å². The Balaban J connectivity index is 2.60. The predicted octanol–water partition coefficient (Wildman–Crippen LogP) is 2.75. The molecule has 21 heavy (non-hydrogen) atoms. The highest BCUT2D eigenvalue weighted by atomic mass is 16.5. The first-order valence-corrected chi connectivity index (χ1v) is 7.06. The van der Waals surface area contributed by atoms with Crippen molar-refractivity contribution in [3.05, 3.63) is 23.3 Å². The summed E-state index contributed by atoms with van der Waals surface area (Å²) in [5.74, 6) is 0.429. The van der Waals surface area contributed by atoms with E-state index in [0.717, 1.165) is 24.0 Å². The third-order valence-electron chi connectivity index (χ3n) is 4.28. The smallest absolute Gasteiger partial charge is 0.314 e. The van der Waals surface area contributed by atoms with Gasteiger partial charge in [0.05, 0.1) is 26.2 Å². The normalized spacial score (nSPS) is 16.7. The van der Waals surface area contributed by atoms with Crippen LogP contribution in [0.4, 0.5) is 0 Å². The van der Waals surface area contributed by atoms with Gasteiger partial charge in [-0.1, -0.05) is 12.8 Å². The Bertz CT molecular complexity index is 518. The minimum atomic E-state index is -0.861. The molecule has 0 unspecified atom stereocenters. The molecule has 0 aromatic heterocycles. The van der Waals surface area contributed by atoms with E-state index in [1.54, 1.807) is 27.4 Å². The van der Waals surface area contributed by atoms with Crippen LogP contribution in [0, 0.1) is 0 Å². The summed E-state index contributed by atoms with van der Waals surface area (Å²) in [4.78, 5) is 11.9. The van der Waals surface area contributed by atoms with Crippen molar-refractivity contribution in [2.24, 2.45) is 0 Å². The summed E-state index contributed by atoms with van der Waals surface area (Å²) in [7, 11) is 4.74. The topological polar surface area (TPSA) is 65.0 Å². The molecule has 1 aliphatic carbocycles. The summed E-state index contributed by atoms with van der Waals surface area (Å²) in [6.45, 7) is 0.371. The molecule has 5 heteroatoms. The monoisotopic (exact) mass is 294 g/mol. The first-order valence-electron chi connectivity index (χ1n) is 7.06. The Kier molecular flexibility index (Phi) is 4.73. The number of benzene rings is 1. The molecular weight excluding hydrogens is 272 g/mol. The summed E-state index contributed by atoms with van der Waals surface area (Å²) in [6.07, 6.45) is 3.11. The van der Waals surface area contributed by atoms with Crippen molar-refractivity contribution in [1.82, 2.24) is 0 Å². The Hall–Kier alpha value is -1.75. The lowest BCUT2D eigenvalue weighted by atomic mass is 9.77. The molecule has 0 spiro atoms. The summed E-state index contributed by atoms with van der Waals surface area (Å²) < 4.78 is 16.0. The zero-order valence-electron chi connectivity index (χ0n) is 12.8. The molecular formula is C16H22O5. The molecule has 0 bridgehead atoms. The van der Waals surface area contributed by atoms with Crippen molar-refractivity contribution >= 4 is 5.97 Å². The number of carboxylic acid groups (broad SMARTS) is 1. The van der Waals surface area contributed by atoms with Crippen molar-refractivity contribution in [1.29, 1.82) is 0 Å². The average molecular weight is 294 g/mol. The highest BCUT2D eigenvalue weighted by molar-refractivity contribution is 5.83. The van der Waals surface area contributed by atoms with Crippen LogP contribution in [0.15, 0.2) is 12.1 Å². The molecule has 0 radical (unpaired) electrons. The molecule has 1 aliphatic rings. The van der Waals surface area contributed by atoms with Crippen LogP contribution in [-0.2, 0) is 21.6 Å². The van der Waals surface area contributed by atoms with Crippen LogP contribution in [0.3, 0.4) is 0 Å². The van der Waals surface area contributed by atoms with Gasteiger partial charge in [-0.15, -0.1) is 0 Å². The minimum absolute atomic E-state index is 0.371. The van der Waals surface area contributed by atoms with Gasteiger partial charge < -0.3 is 19.3 Å². The van der Waals surface area contributed by atoms with E-state index in [-0.39, 0.29) is 0 Å². The van der Waals surface area contributed by atoms with Crippen LogP contribution >= 0.6 is 0 Å². The van der Waals surface area contributed by atoms with Gasteiger partial charge in [0.1, 0.15) is 11.5 Å². The second-order valence-electron chi connectivity index (χ2n) is 5.39. The Morgan fingerprint density at radius 1 is 1.14 bits per heavy atom. The van der Waals surface area contributed by atoms with Crippen molar-refractivity contribution < 1.29 is 24.1 Å². The maximum Gasteiger partial charge on any atom is 0.314 e. The third-order valence-corrected chi connectivity index (χ3v) is 4.28. The molecule has 116 valence electrons. The fraction of sp³-hybridized carbons (Fsp3) is 0.562. The van der Waals surface area contributed by atoms with Gasteiger partial charge in [-0.25, -0.2) is 0 Å². The Morgan fingerprint density at radius 3 is 2.24 bits per heavy atom. The fourth-order valence-corrected chi connectivity index (χ4v) is 3.18. The van der Waals surface area contributed by atoms with Crippen molar-refractivity contribution in [3.63, 3.8) is 0 Å². The third kappa shape index (κ3) is 2.70. The molecule has 0 amide bonds. The molecule has 0 aliphatic heterocycles. The van der Waals surface area contributed by atoms with E-state index in [2.05, 4.69) is 0 Å². The van der Waals surface area contributed by atoms with E-state index in [4.69, 9.17) is 14.2 Å². The maximum absolute atomic E-state index is 11.9. The number of carboxylic acids is 1. The largest absolute Gasteiger partial charge is 0.496 e. The van der Waals surface area contributed by atoms with Crippen LogP contribution in [0.5, 0.6) is 11.5 Å². The highest BCUT2D eigenvalue weighted by Gasteiger charge is 2.45. The number of hydrogen-bond donors (Lipinski definition) is 1. The van der Waals surface area contributed by atoms with Gasteiger partial charge in [0.2, 0.25) is 0 Å². The van der Waals surface area contributed by atoms with Crippen molar-refractivity contribution in [2.75, 3.05) is 21.3 Å². The lowest BCUT2D eigenvalue weighted by Crippen LogP contribution is -2.33. The van der Waals surface area contributed by atoms with Crippen LogP contribution in [0.1, 0.15) is 36.8 Å². The van der Waals surface area contributed by atoms with E-state index in [9.17, 15) is 9.90 Å². The summed E-state index contributed by atoms with van der Waals surface area (Å²) in [6, 6.07) is 3.62. The van der Waals surface area contributed by atoms with Gasteiger partial charge in [0.15, 0.2) is 0 Å². The number of carbonyl (C=O) groups is 1. The summed E-state index contributed by atoms with van der Waals surface area (Å²) >= 11 is 0. The SMILES string of the molecule is COCc1cc(C2(C(=O)O)CCCC2)c(OC)cc1OC. The number of ether oxygens (including phenoxy) is 3. The Labute approximate surface area is 124 Å². The molecule has 0 saturated heterocycles. The second kappa shape index (κ2) is 6.35. The first kappa shape index (κ1) is 15.6. The van der Waals surface area contributed by atoms with Gasteiger partial charge in [-0.05, 0) is 18.9 Å². The first-order chi connectivity index (χ1) is 10.1. The molecule has 1 aromatic carbocycles. The van der Waals surface area contributed by atoms with Gasteiger partial charge in [-0.2, -0.15) is 0 Å². The van der Waals surface area contributed by atoms with Crippen LogP contribution < -0.4 is 9.47 Å². The molecule has 2 rings (SSSR count). The minimum Gasteiger partial charge on any atom is -0.496 e. The van der Waals surface area contributed by atoms with Gasteiger partial charge in [0.25, 0.3) is 0 Å². The predicted molar refractivity (Wildman–Crippen MR) is 78.0 cm³/mol. The molecule has 0 heterocycles. The fourth-order valence-electron chi connectivity index (χ4n) is 3.18. The lowest BCUT2D eigenvalue weighted by Gasteiger charge is -2.27. The van der Waals surface area contributed by atoms with Crippen molar-refractivity contribution in [3.8, 4) is 11.5 Å². The Morgan fingerprint density at radius 2 is 1.76 bits per heavy atom. The number of aliphatic carboxylic acids is 1. The number of rotatable bonds is 6. The molecule has 1 saturated carbocycles. The highest BCUT2D eigenvalue weighted by Crippen LogP contribution is 2.46. The van der Waals surface area contributed by atoms with Crippen molar-refractivity contribution in [2.45, 2.75) is 37.7 Å². The quantitative estimate of drug-likeness (QED) is 0.874. The molecule has 0 atom stereocenters. The molecule has 1 fully saturated rings. The van der Waals surface area contributed by atoms with E-state index in [1.165, 1.54) is 0 Å². The zero-order chi connectivity index (χ0) is 15.5. The van der Waals surface area contributed by atoms with E-state index >= 15 is 0 Å². The number of methoxy groups -OCH3 is 3. The molecule has 1 N–H and O–H groups in total. The van der Waals surface area contributed by atoms with Gasteiger partial charge >= 0.3 is 5.97 Å². The average Bonchev–Trinajstić information content (AvgIpc) is 2.98. The van der Waals surface area contributed by atoms with Crippen LogP contribution in [0.2, 0.25) is 0 Å². The van der Waals surface area contributed by atoms with E-state index < -0.39 is 11.4 Å².